The minimum Gasteiger partial charge on any atom is -0.480 e. The molecule has 0 radical (unpaired) electrons. The molecule has 0 aliphatic rings. The zero-order valence-corrected chi connectivity index (χ0v) is 13.6. The summed E-state index contributed by atoms with van der Waals surface area (Å²) >= 11 is 0. The maximum absolute atomic E-state index is 12.7. The van der Waals surface area contributed by atoms with Crippen LogP contribution in [0.4, 0.5) is 18.0 Å². The molecule has 24 heavy (non-hydrogen) atoms. The first-order valence-corrected chi connectivity index (χ1v) is 7.27. The maximum atomic E-state index is 12.7. The van der Waals surface area contributed by atoms with Crippen LogP contribution in [0.2, 0.25) is 0 Å². The maximum Gasteiger partial charge on any atom is 0.416 e. The molecule has 0 saturated heterocycles. The van der Waals surface area contributed by atoms with Gasteiger partial charge in [0.25, 0.3) is 0 Å². The van der Waals surface area contributed by atoms with Gasteiger partial charge in [-0.2, -0.15) is 13.2 Å². The van der Waals surface area contributed by atoms with E-state index in [4.69, 9.17) is 9.84 Å². The summed E-state index contributed by atoms with van der Waals surface area (Å²) in [7, 11) is 0. The molecule has 0 heterocycles. The summed E-state index contributed by atoms with van der Waals surface area (Å²) in [6.45, 7) is 4.89. The van der Waals surface area contributed by atoms with E-state index in [1.54, 1.807) is 20.8 Å². The van der Waals surface area contributed by atoms with Gasteiger partial charge in [0.05, 0.1) is 5.56 Å². The van der Waals surface area contributed by atoms with E-state index in [0.29, 0.717) is 5.56 Å². The van der Waals surface area contributed by atoms with Crippen LogP contribution in [0.3, 0.4) is 0 Å². The SMILES string of the molecule is CC(C)(C)OC(=O)NC(CCc1cccc(C(F)(F)F)c1)C(=O)O. The second-order valence-electron chi connectivity index (χ2n) is 6.27. The molecule has 0 bridgehead atoms. The fourth-order valence-corrected chi connectivity index (χ4v) is 1.92. The van der Waals surface area contributed by atoms with Gasteiger partial charge in [-0.15, -0.1) is 0 Å². The molecule has 0 spiro atoms. The number of rotatable bonds is 5. The number of aryl methyl sites for hydroxylation is 1. The van der Waals surface area contributed by atoms with Gasteiger partial charge < -0.3 is 15.2 Å². The van der Waals surface area contributed by atoms with E-state index in [-0.39, 0.29) is 12.8 Å². The molecule has 1 atom stereocenters. The minimum atomic E-state index is -4.46. The van der Waals surface area contributed by atoms with E-state index >= 15 is 0 Å². The highest BCUT2D eigenvalue weighted by molar-refractivity contribution is 5.80. The number of carboxylic acids is 1. The predicted octanol–water partition coefficient (Wildman–Crippen LogP) is 3.62. The third-order valence-electron chi connectivity index (χ3n) is 2.97. The molecule has 0 aromatic heterocycles. The van der Waals surface area contributed by atoms with E-state index in [9.17, 15) is 22.8 Å². The Bertz CT molecular complexity index is 594. The van der Waals surface area contributed by atoms with Crippen molar-refractivity contribution in [3.63, 3.8) is 0 Å². The molecule has 0 aliphatic carbocycles. The lowest BCUT2D eigenvalue weighted by atomic mass is 10.0. The van der Waals surface area contributed by atoms with E-state index in [0.717, 1.165) is 12.1 Å². The smallest absolute Gasteiger partial charge is 0.416 e. The van der Waals surface area contributed by atoms with E-state index in [1.165, 1.54) is 12.1 Å². The Morgan fingerprint density at radius 2 is 1.88 bits per heavy atom. The average Bonchev–Trinajstić information content (AvgIpc) is 2.40. The number of carboxylic acid groups (broad SMARTS) is 1. The Kier molecular flexibility index (Phi) is 6.22. The number of carbonyl (C=O) groups excluding carboxylic acids is 1. The molecule has 1 aromatic rings. The number of ether oxygens (including phenoxy) is 1. The van der Waals surface area contributed by atoms with Gasteiger partial charge in [-0.25, -0.2) is 9.59 Å². The van der Waals surface area contributed by atoms with Gasteiger partial charge in [0, 0.05) is 0 Å². The zero-order chi connectivity index (χ0) is 18.5. The molecule has 134 valence electrons. The summed E-state index contributed by atoms with van der Waals surface area (Å²) in [5.74, 6) is -1.28. The third-order valence-corrected chi connectivity index (χ3v) is 2.97. The second kappa shape index (κ2) is 7.55. The number of hydrogen-bond acceptors (Lipinski definition) is 3. The van der Waals surface area contributed by atoms with Crippen LogP contribution in [0.1, 0.15) is 38.3 Å². The summed E-state index contributed by atoms with van der Waals surface area (Å²) in [6.07, 6.45) is -5.34. The standard InChI is InChI=1S/C16H20F3NO4/c1-15(2,3)24-14(23)20-12(13(21)22)8-7-10-5-4-6-11(9-10)16(17,18)19/h4-6,9,12H,7-8H2,1-3H3,(H,20,23)(H,21,22). The van der Waals surface area contributed by atoms with Crippen molar-refractivity contribution in [2.24, 2.45) is 0 Å². The normalized spacial score (nSPS) is 13.2. The summed E-state index contributed by atoms with van der Waals surface area (Å²) in [4.78, 5) is 22.8. The third kappa shape index (κ3) is 6.89. The first-order valence-electron chi connectivity index (χ1n) is 7.27. The van der Waals surface area contributed by atoms with Crippen molar-refractivity contribution in [2.45, 2.75) is 51.4 Å². The highest BCUT2D eigenvalue weighted by Gasteiger charge is 2.30. The Hall–Kier alpha value is -2.25. The van der Waals surface area contributed by atoms with Crippen molar-refractivity contribution in [3.05, 3.63) is 35.4 Å². The molecule has 8 heteroatoms. The number of alkyl carbamates (subject to hydrolysis) is 1. The van der Waals surface area contributed by atoms with Crippen molar-refractivity contribution in [2.75, 3.05) is 0 Å². The summed E-state index contributed by atoms with van der Waals surface area (Å²) in [5, 5.41) is 11.3. The Morgan fingerprint density at radius 3 is 2.38 bits per heavy atom. The summed E-state index contributed by atoms with van der Waals surface area (Å²) < 4.78 is 42.9. The van der Waals surface area contributed by atoms with Crippen LogP contribution in [-0.2, 0) is 22.1 Å². The van der Waals surface area contributed by atoms with Crippen molar-refractivity contribution < 1.29 is 32.6 Å². The van der Waals surface area contributed by atoms with Crippen molar-refractivity contribution in [1.82, 2.24) is 5.32 Å². The molecular weight excluding hydrogens is 327 g/mol. The Labute approximate surface area is 137 Å². The van der Waals surface area contributed by atoms with Crippen LogP contribution in [0.25, 0.3) is 0 Å². The number of carbonyl (C=O) groups is 2. The van der Waals surface area contributed by atoms with Crippen LogP contribution < -0.4 is 5.32 Å². The van der Waals surface area contributed by atoms with Crippen LogP contribution in [0, 0.1) is 0 Å². The summed E-state index contributed by atoms with van der Waals surface area (Å²) in [6, 6.07) is 3.38. The second-order valence-corrected chi connectivity index (χ2v) is 6.27. The van der Waals surface area contributed by atoms with Crippen molar-refractivity contribution >= 4 is 12.1 Å². The lowest BCUT2D eigenvalue weighted by Gasteiger charge is -2.22. The quantitative estimate of drug-likeness (QED) is 0.853. The number of alkyl halides is 3. The predicted molar refractivity (Wildman–Crippen MR) is 80.6 cm³/mol. The van der Waals surface area contributed by atoms with Crippen molar-refractivity contribution in [3.8, 4) is 0 Å². The lowest BCUT2D eigenvalue weighted by molar-refractivity contribution is -0.140. The number of hydrogen-bond donors (Lipinski definition) is 2. The van der Waals surface area contributed by atoms with Gasteiger partial charge in [0.2, 0.25) is 0 Å². The van der Waals surface area contributed by atoms with Crippen LogP contribution >= 0.6 is 0 Å². The van der Waals surface area contributed by atoms with E-state index < -0.39 is 35.4 Å². The average molecular weight is 347 g/mol. The largest absolute Gasteiger partial charge is 0.480 e. The monoisotopic (exact) mass is 347 g/mol. The molecule has 1 aromatic carbocycles. The van der Waals surface area contributed by atoms with Gasteiger partial charge in [-0.1, -0.05) is 18.2 Å². The van der Waals surface area contributed by atoms with Gasteiger partial charge in [0.1, 0.15) is 11.6 Å². The number of aliphatic carboxylic acids is 1. The molecule has 2 N–H and O–H groups in total. The topological polar surface area (TPSA) is 75.6 Å². The molecule has 1 amide bonds. The first-order chi connectivity index (χ1) is 10.9. The zero-order valence-electron chi connectivity index (χ0n) is 13.6. The fraction of sp³-hybridized carbons (Fsp3) is 0.500. The number of nitrogens with one attached hydrogen (secondary N) is 1. The molecular formula is C16H20F3NO4. The molecule has 1 rings (SSSR count). The molecule has 1 unspecified atom stereocenters. The van der Waals surface area contributed by atoms with E-state index in [1.807, 2.05) is 0 Å². The number of amides is 1. The van der Waals surface area contributed by atoms with Gasteiger partial charge in [0.15, 0.2) is 0 Å². The highest BCUT2D eigenvalue weighted by atomic mass is 19.4. The van der Waals surface area contributed by atoms with E-state index in [2.05, 4.69) is 5.32 Å². The number of benzene rings is 1. The first kappa shape index (κ1) is 19.8. The van der Waals surface area contributed by atoms with Gasteiger partial charge >= 0.3 is 18.2 Å². The van der Waals surface area contributed by atoms with Crippen LogP contribution in [0.5, 0.6) is 0 Å². The Morgan fingerprint density at radius 1 is 1.25 bits per heavy atom. The van der Waals surface area contributed by atoms with Crippen molar-refractivity contribution in [1.29, 1.82) is 0 Å². The molecule has 0 saturated carbocycles. The van der Waals surface area contributed by atoms with Gasteiger partial charge in [-0.3, -0.25) is 0 Å². The highest BCUT2D eigenvalue weighted by Crippen LogP contribution is 2.29. The Balaban J connectivity index is 2.71. The van der Waals surface area contributed by atoms with Gasteiger partial charge in [-0.05, 0) is 45.2 Å². The molecule has 0 fully saturated rings. The minimum absolute atomic E-state index is 0.0596. The fourth-order valence-electron chi connectivity index (χ4n) is 1.92. The van der Waals surface area contributed by atoms with Crippen LogP contribution in [-0.4, -0.2) is 28.8 Å². The number of halogens is 3. The van der Waals surface area contributed by atoms with Crippen LogP contribution in [0.15, 0.2) is 24.3 Å². The summed E-state index contributed by atoms with van der Waals surface area (Å²) in [5.41, 5.74) is -1.25. The lowest BCUT2D eigenvalue weighted by Crippen LogP contribution is -2.43. The molecule has 0 aliphatic heterocycles. The molecule has 5 nitrogen and oxygen atoms in total.